The van der Waals surface area contributed by atoms with Gasteiger partial charge in [-0.1, -0.05) is 66.8 Å². The topological polar surface area (TPSA) is 55.2 Å². The van der Waals surface area contributed by atoms with Crippen LogP contribution in [0.4, 0.5) is 0 Å². The Morgan fingerprint density at radius 2 is 1.76 bits per heavy atom. The largest absolute Gasteiger partial charge is 0.481 e. The van der Waals surface area contributed by atoms with Crippen LogP contribution >= 0.6 is 0 Å². The summed E-state index contributed by atoms with van der Waals surface area (Å²) in [6, 6.07) is 1.94. The summed E-state index contributed by atoms with van der Waals surface area (Å²) in [4.78, 5) is 9.55. The van der Waals surface area contributed by atoms with Gasteiger partial charge >= 0.3 is 0 Å². The molecule has 6 unspecified atom stereocenters. The number of ether oxygens (including phenoxy) is 1. The third-order valence-corrected chi connectivity index (χ3v) is 6.52. The number of nitrogens with zero attached hydrogens (tertiary/aromatic N) is 2. The minimum absolute atomic E-state index is 0.0964. The van der Waals surface area contributed by atoms with Crippen molar-refractivity contribution in [3.8, 4) is 5.88 Å². The monoisotopic (exact) mass is 386 g/mol. The van der Waals surface area contributed by atoms with Crippen molar-refractivity contribution in [1.29, 1.82) is 0 Å². The van der Waals surface area contributed by atoms with E-state index in [0.29, 0.717) is 29.5 Å². The Morgan fingerprint density at radius 3 is 2.59 bits per heavy atom. The lowest BCUT2D eigenvalue weighted by Crippen LogP contribution is -2.32. The summed E-state index contributed by atoms with van der Waals surface area (Å²) in [6.45, 7) is 0. The molecule has 29 heavy (non-hydrogen) atoms. The lowest BCUT2D eigenvalue weighted by molar-refractivity contribution is 0.174. The van der Waals surface area contributed by atoms with Crippen molar-refractivity contribution < 1.29 is 9.84 Å². The van der Waals surface area contributed by atoms with Crippen LogP contribution in [0.25, 0.3) is 5.57 Å². The first-order chi connectivity index (χ1) is 14.2. The van der Waals surface area contributed by atoms with E-state index in [-0.39, 0.29) is 11.8 Å². The SMILES string of the molecule is COc1cc(C2=CC3C=CC=CC3C3C=CC=CC23)nc(C2CCC=CC2O)n1. The molecule has 0 amide bonds. The first-order valence-corrected chi connectivity index (χ1v) is 10.4. The predicted octanol–water partition coefficient (Wildman–Crippen LogP) is 4.39. The van der Waals surface area contributed by atoms with Crippen LogP contribution in [0.2, 0.25) is 0 Å². The van der Waals surface area contributed by atoms with Crippen molar-refractivity contribution in [3.63, 3.8) is 0 Å². The number of fused-ring (bicyclic) bond motifs is 3. The maximum absolute atomic E-state index is 10.5. The van der Waals surface area contributed by atoms with Gasteiger partial charge in [0.1, 0.15) is 5.82 Å². The Hall–Kier alpha value is -2.72. The van der Waals surface area contributed by atoms with E-state index in [1.165, 1.54) is 5.57 Å². The average molecular weight is 386 g/mol. The second-order valence-electron chi connectivity index (χ2n) is 8.18. The first-order valence-electron chi connectivity index (χ1n) is 10.4. The van der Waals surface area contributed by atoms with Crippen LogP contribution in [0, 0.1) is 23.7 Å². The van der Waals surface area contributed by atoms with Crippen LogP contribution in [-0.4, -0.2) is 28.3 Å². The molecular formula is C25H26N2O2. The lowest BCUT2D eigenvalue weighted by Gasteiger charge is -2.40. The highest BCUT2D eigenvalue weighted by Gasteiger charge is 2.38. The van der Waals surface area contributed by atoms with Gasteiger partial charge in [0.2, 0.25) is 5.88 Å². The third-order valence-electron chi connectivity index (χ3n) is 6.52. The van der Waals surface area contributed by atoms with Gasteiger partial charge < -0.3 is 9.84 Å². The molecule has 1 heterocycles. The van der Waals surface area contributed by atoms with Crippen molar-refractivity contribution in [2.45, 2.75) is 24.9 Å². The van der Waals surface area contributed by atoms with E-state index in [9.17, 15) is 5.11 Å². The van der Waals surface area contributed by atoms with Gasteiger partial charge in [-0.15, -0.1) is 0 Å². The molecule has 5 rings (SSSR count). The third kappa shape index (κ3) is 3.32. The van der Waals surface area contributed by atoms with E-state index in [4.69, 9.17) is 9.72 Å². The normalized spacial score (nSPS) is 34.5. The molecule has 148 valence electrons. The Kier molecular flexibility index (Phi) is 4.80. The van der Waals surface area contributed by atoms with Crippen LogP contribution in [-0.2, 0) is 0 Å². The van der Waals surface area contributed by atoms with Crippen LogP contribution in [0.15, 0.2) is 72.9 Å². The molecular weight excluding hydrogens is 360 g/mol. The van der Waals surface area contributed by atoms with Gasteiger partial charge in [-0.2, -0.15) is 4.98 Å². The molecule has 4 nitrogen and oxygen atoms in total. The molecule has 0 saturated carbocycles. The Morgan fingerprint density at radius 1 is 0.966 bits per heavy atom. The summed E-state index contributed by atoms with van der Waals surface area (Å²) in [7, 11) is 1.64. The predicted molar refractivity (Wildman–Crippen MR) is 114 cm³/mol. The van der Waals surface area contributed by atoms with Crippen molar-refractivity contribution in [1.82, 2.24) is 9.97 Å². The Labute approximate surface area is 171 Å². The molecule has 0 fully saturated rings. The number of hydrogen-bond acceptors (Lipinski definition) is 4. The van der Waals surface area contributed by atoms with Gasteiger partial charge in [0.15, 0.2) is 0 Å². The van der Waals surface area contributed by atoms with E-state index >= 15 is 0 Å². The number of aliphatic hydroxyl groups excluding tert-OH is 1. The van der Waals surface area contributed by atoms with Gasteiger partial charge in [-0.3, -0.25) is 0 Å². The van der Waals surface area contributed by atoms with Gasteiger partial charge in [0.25, 0.3) is 0 Å². The molecule has 0 bridgehead atoms. The number of methoxy groups -OCH3 is 1. The molecule has 4 heteroatoms. The fourth-order valence-corrected chi connectivity index (χ4v) is 5.03. The van der Waals surface area contributed by atoms with E-state index in [0.717, 1.165) is 18.5 Å². The maximum atomic E-state index is 10.5. The zero-order chi connectivity index (χ0) is 19.8. The smallest absolute Gasteiger partial charge is 0.216 e. The zero-order valence-corrected chi connectivity index (χ0v) is 16.6. The van der Waals surface area contributed by atoms with Crippen LogP contribution in [0.1, 0.15) is 30.3 Å². The summed E-state index contributed by atoms with van der Waals surface area (Å²) in [5.74, 6) is 2.66. The highest BCUT2D eigenvalue weighted by molar-refractivity contribution is 5.70. The van der Waals surface area contributed by atoms with E-state index in [2.05, 4.69) is 59.7 Å². The Bertz CT molecular complexity index is 969. The van der Waals surface area contributed by atoms with Crippen LogP contribution < -0.4 is 4.74 Å². The number of allylic oxidation sites excluding steroid dienone is 11. The van der Waals surface area contributed by atoms with Crippen LogP contribution in [0.3, 0.4) is 0 Å². The molecule has 0 aromatic carbocycles. The van der Waals surface area contributed by atoms with E-state index in [1.807, 2.05) is 18.2 Å². The fourth-order valence-electron chi connectivity index (χ4n) is 5.03. The number of aliphatic hydroxyl groups is 1. The number of rotatable bonds is 3. The van der Waals surface area contributed by atoms with Gasteiger partial charge in [0, 0.05) is 23.8 Å². The molecule has 0 radical (unpaired) electrons. The second-order valence-corrected chi connectivity index (χ2v) is 8.18. The Balaban J connectivity index is 1.60. The summed E-state index contributed by atoms with van der Waals surface area (Å²) in [5, 5.41) is 10.5. The lowest BCUT2D eigenvalue weighted by atomic mass is 9.64. The summed E-state index contributed by atoms with van der Waals surface area (Å²) < 4.78 is 5.52. The van der Waals surface area contributed by atoms with Gasteiger partial charge in [-0.25, -0.2) is 4.98 Å². The molecule has 6 atom stereocenters. The number of aromatic nitrogens is 2. The molecule has 0 spiro atoms. The molecule has 1 N–H and O–H groups in total. The van der Waals surface area contributed by atoms with Crippen molar-refractivity contribution >= 4 is 5.57 Å². The van der Waals surface area contributed by atoms with Crippen molar-refractivity contribution in [3.05, 3.63) is 84.4 Å². The summed E-state index contributed by atoms with van der Waals surface area (Å²) in [5.41, 5.74) is 2.13. The zero-order valence-electron chi connectivity index (χ0n) is 16.6. The van der Waals surface area contributed by atoms with Crippen molar-refractivity contribution in [2.24, 2.45) is 23.7 Å². The minimum Gasteiger partial charge on any atom is -0.481 e. The molecule has 1 aromatic heterocycles. The molecule has 0 aliphatic heterocycles. The highest BCUT2D eigenvalue weighted by Crippen LogP contribution is 2.47. The molecule has 4 aliphatic rings. The molecule has 1 aromatic rings. The quantitative estimate of drug-likeness (QED) is 0.783. The first kappa shape index (κ1) is 18.3. The van der Waals surface area contributed by atoms with E-state index in [1.54, 1.807) is 7.11 Å². The fraction of sp³-hybridized carbons (Fsp3) is 0.360. The van der Waals surface area contributed by atoms with Crippen molar-refractivity contribution in [2.75, 3.05) is 7.11 Å². The highest BCUT2D eigenvalue weighted by atomic mass is 16.5. The number of hydrogen-bond donors (Lipinski definition) is 1. The summed E-state index contributed by atoms with van der Waals surface area (Å²) in [6.07, 6.45) is 25.3. The van der Waals surface area contributed by atoms with Gasteiger partial charge in [-0.05, 0) is 30.3 Å². The second kappa shape index (κ2) is 7.60. The molecule has 4 aliphatic carbocycles. The maximum Gasteiger partial charge on any atom is 0.216 e. The minimum atomic E-state index is -0.551. The average Bonchev–Trinajstić information content (AvgIpc) is 2.78. The summed E-state index contributed by atoms with van der Waals surface area (Å²) >= 11 is 0. The molecule has 0 saturated heterocycles. The standard InChI is InChI=1S/C25H26N2O2/c1-29-24-15-22(26-25(27-24)20-12-6-7-13-23(20)28)21-14-16-8-2-3-9-17(16)18-10-4-5-11-19(18)21/h2-5,7-11,13-20,23,28H,6,12H2,1H3. The van der Waals surface area contributed by atoms with Gasteiger partial charge in [0.05, 0.1) is 18.9 Å². The van der Waals surface area contributed by atoms with E-state index < -0.39 is 6.10 Å². The van der Waals surface area contributed by atoms with Crippen LogP contribution in [0.5, 0.6) is 5.88 Å².